The van der Waals surface area contributed by atoms with E-state index in [1.165, 1.54) is 4.88 Å². The molecule has 1 rings (SSSR count). The lowest BCUT2D eigenvalue weighted by atomic mass is 10.3. The number of aryl methyl sites for hydroxylation is 1. The Morgan fingerprint density at radius 2 is 2.36 bits per heavy atom. The minimum absolute atomic E-state index is 0.243. The number of rotatable bonds is 3. The van der Waals surface area contributed by atoms with E-state index in [4.69, 9.17) is 16.7 Å². The van der Waals surface area contributed by atoms with Gasteiger partial charge < -0.3 is 5.11 Å². The van der Waals surface area contributed by atoms with Crippen LogP contribution in [0.3, 0.4) is 0 Å². The highest BCUT2D eigenvalue weighted by atomic mass is 79.9. The fraction of sp³-hybridized carbons (Fsp3) is 0.429. The maximum atomic E-state index is 8.56. The molecule has 0 saturated heterocycles. The first kappa shape index (κ1) is 9.52. The van der Waals surface area contributed by atoms with Crippen LogP contribution in [0.15, 0.2) is 9.85 Å². The zero-order chi connectivity index (χ0) is 8.27. The molecule has 1 aromatic heterocycles. The van der Waals surface area contributed by atoms with Crippen LogP contribution in [-0.2, 0) is 6.42 Å². The molecule has 4 heteroatoms. The van der Waals surface area contributed by atoms with Gasteiger partial charge in [-0.25, -0.2) is 0 Å². The molecule has 0 atom stereocenters. The van der Waals surface area contributed by atoms with Gasteiger partial charge in [0.15, 0.2) is 0 Å². The molecule has 0 spiro atoms. The van der Waals surface area contributed by atoms with Crippen LogP contribution in [0.25, 0.3) is 0 Å². The Morgan fingerprint density at radius 3 is 2.82 bits per heavy atom. The monoisotopic (exact) mass is 254 g/mol. The molecule has 0 amide bonds. The molecule has 0 unspecified atom stereocenters. The predicted octanol–water partition coefficient (Wildman–Crippen LogP) is 3.09. The Kier molecular flexibility index (Phi) is 3.85. The summed E-state index contributed by atoms with van der Waals surface area (Å²) in [4.78, 5) is 1.22. The van der Waals surface area contributed by atoms with Crippen molar-refractivity contribution in [2.45, 2.75) is 12.8 Å². The van der Waals surface area contributed by atoms with Gasteiger partial charge in [0.05, 0.1) is 8.81 Å². The van der Waals surface area contributed by atoms with Crippen molar-refractivity contribution in [1.82, 2.24) is 0 Å². The minimum Gasteiger partial charge on any atom is -0.396 e. The van der Waals surface area contributed by atoms with Crippen LogP contribution >= 0.6 is 38.9 Å². The highest BCUT2D eigenvalue weighted by Crippen LogP contribution is 2.32. The van der Waals surface area contributed by atoms with Crippen molar-refractivity contribution >= 4 is 38.9 Å². The van der Waals surface area contributed by atoms with E-state index < -0.39 is 0 Å². The number of halogens is 2. The van der Waals surface area contributed by atoms with Gasteiger partial charge in [0.1, 0.15) is 0 Å². The number of hydrogen-bond acceptors (Lipinski definition) is 2. The van der Waals surface area contributed by atoms with Crippen molar-refractivity contribution in [2.24, 2.45) is 0 Å². The topological polar surface area (TPSA) is 20.2 Å². The fourth-order valence-electron chi connectivity index (χ4n) is 0.768. The van der Waals surface area contributed by atoms with Gasteiger partial charge in [0, 0.05) is 11.5 Å². The molecule has 0 fully saturated rings. The summed E-state index contributed by atoms with van der Waals surface area (Å²) in [6.07, 6.45) is 1.72. The standard InChI is InChI=1S/C7H8BrClOS/c8-7-6(9)4-5(11-7)2-1-3-10/h4,10H,1-3H2. The second-order valence-corrected chi connectivity index (χ2v) is 5.02. The van der Waals surface area contributed by atoms with E-state index in [1.54, 1.807) is 11.3 Å². The molecule has 62 valence electrons. The van der Waals surface area contributed by atoms with Crippen molar-refractivity contribution in [3.63, 3.8) is 0 Å². The molecule has 1 heterocycles. The summed E-state index contributed by atoms with van der Waals surface area (Å²) in [5.74, 6) is 0. The molecule has 0 radical (unpaired) electrons. The molecule has 11 heavy (non-hydrogen) atoms. The third-order valence-electron chi connectivity index (χ3n) is 1.28. The lowest BCUT2D eigenvalue weighted by molar-refractivity contribution is 0.289. The largest absolute Gasteiger partial charge is 0.396 e. The van der Waals surface area contributed by atoms with E-state index >= 15 is 0 Å². The molecule has 0 bridgehead atoms. The maximum absolute atomic E-state index is 8.56. The van der Waals surface area contributed by atoms with Gasteiger partial charge in [0.2, 0.25) is 0 Å². The summed E-state index contributed by atoms with van der Waals surface area (Å²) in [5, 5.41) is 9.33. The summed E-state index contributed by atoms with van der Waals surface area (Å²) >= 11 is 10.8. The molecule has 0 saturated carbocycles. The number of aliphatic hydroxyl groups is 1. The Balaban J connectivity index is 2.58. The smallest absolute Gasteiger partial charge is 0.0887 e. The molecular weight excluding hydrogens is 248 g/mol. The van der Waals surface area contributed by atoms with E-state index in [0.717, 1.165) is 21.7 Å². The minimum atomic E-state index is 0.243. The summed E-state index contributed by atoms with van der Waals surface area (Å²) in [6, 6.07) is 1.94. The van der Waals surface area contributed by atoms with Crippen LogP contribution in [0, 0.1) is 0 Å². The second kappa shape index (κ2) is 4.45. The molecule has 0 aliphatic rings. The third kappa shape index (κ3) is 2.75. The second-order valence-electron chi connectivity index (χ2n) is 2.16. The third-order valence-corrected chi connectivity index (χ3v) is 3.81. The van der Waals surface area contributed by atoms with E-state index in [-0.39, 0.29) is 6.61 Å². The molecule has 1 nitrogen and oxygen atoms in total. The molecule has 0 aliphatic heterocycles. The first-order valence-electron chi connectivity index (χ1n) is 3.28. The number of hydrogen-bond donors (Lipinski definition) is 1. The van der Waals surface area contributed by atoms with Crippen molar-refractivity contribution in [2.75, 3.05) is 6.61 Å². The Morgan fingerprint density at radius 1 is 1.64 bits per heavy atom. The number of aliphatic hydroxyl groups excluding tert-OH is 1. The Bertz CT molecular complexity index is 217. The van der Waals surface area contributed by atoms with E-state index in [0.29, 0.717) is 0 Å². The van der Waals surface area contributed by atoms with Gasteiger partial charge in [-0.3, -0.25) is 0 Å². The summed E-state index contributed by atoms with van der Waals surface area (Å²) in [7, 11) is 0. The highest BCUT2D eigenvalue weighted by molar-refractivity contribution is 9.11. The quantitative estimate of drug-likeness (QED) is 0.880. The van der Waals surface area contributed by atoms with Gasteiger partial charge in [-0.05, 0) is 34.8 Å². The van der Waals surface area contributed by atoms with Crippen molar-refractivity contribution < 1.29 is 5.11 Å². The van der Waals surface area contributed by atoms with Gasteiger partial charge in [0.25, 0.3) is 0 Å². The average Bonchev–Trinajstić information content (AvgIpc) is 2.28. The van der Waals surface area contributed by atoms with Gasteiger partial charge >= 0.3 is 0 Å². The molecule has 1 N–H and O–H groups in total. The Labute approximate surface area is 83.1 Å². The van der Waals surface area contributed by atoms with Gasteiger partial charge in [-0.2, -0.15) is 0 Å². The van der Waals surface area contributed by atoms with E-state index in [1.807, 2.05) is 6.07 Å². The molecular formula is C7H8BrClOS. The van der Waals surface area contributed by atoms with E-state index in [2.05, 4.69) is 15.9 Å². The normalized spacial score (nSPS) is 10.5. The average molecular weight is 256 g/mol. The van der Waals surface area contributed by atoms with E-state index in [9.17, 15) is 0 Å². The van der Waals surface area contributed by atoms with Crippen LogP contribution in [0.2, 0.25) is 5.02 Å². The van der Waals surface area contributed by atoms with Crippen LogP contribution < -0.4 is 0 Å². The van der Waals surface area contributed by atoms with Crippen molar-refractivity contribution in [3.8, 4) is 0 Å². The fourth-order valence-corrected chi connectivity index (χ4v) is 2.63. The molecule has 0 aromatic carbocycles. The van der Waals surface area contributed by atoms with Crippen molar-refractivity contribution in [3.05, 3.63) is 19.8 Å². The first-order chi connectivity index (χ1) is 5.24. The zero-order valence-electron chi connectivity index (χ0n) is 5.81. The lowest BCUT2D eigenvalue weighted by Gasteiger charge is -1.90. The number of thiophene rings is 1. The van der Waals surface area contributed by atoms with Crippen molar-refractivity contribution in [1.29, 1.82) is 0 Å². The zero-order valence-corrected chi connectivity index (χ0v) is 8.97. The molecule has 1 aromatic rings. The van der Waals surface area contributed by atoms with Crippen LogP contribution in [0.1, 0.15) is 11.3 Å². The Hall–Kier alpha value is 0.430. The summed E-state index contributed by atoms with van der Waals surface area (Å²) in [5.41, 5.74) is 0. The summed E-state index contributed by atoms with van der Waals surface area (Å²) in [6.45, 7) is 0.243. The maximum Gasteiger partial charge on any atom is 0.0887 e. The van der Waals surface area contributed by atoms with Gasteiger partial charge in [-0.1, -0.05) is 11.6 Å². The lowest BCUT2D eigenvalue weighted by Crippen LogP contribution is -1.84. The highest BCUT2D eigenvalue weighted by Gasteiger charge is 2.02. The predicted molar refractivity (Wildman–Crippen MR) is 52.4 cm³/mol. The van der Waals surface area contributed by atoms with Gasteiger partial charge in [-0.15, -0.1) is 11.3 Å². The van der Waals surface area contributed by atoms with Crippen LogP contribution in [0.4, 0.5) is 0 Å². The first-order valence-corrected chi connectivity index (χ1v) is 5.27. The van der Waals surface area contributed by atoms with Crippen LogP contribution in [0.5, 0.6) is 0 Å². The SMILES string of the molecule is OCCCc1cc(Cl)c(Br)s1. The van der Waals surface area contributed by atoms with Crippen LogP contribution in [-0.4, -0.2) is 11.7 Å². The molecule has 0 aliphatic carbocycles. The summed E-state index contributed by atoms with van der Waals surface area (Å²) < 4.78 is 0.979.